The molecule has 1 atom stereocenters. The van der Waals surface area contributed by atoms with E-state index < -0.39 is 0 Å². The quantitative estimate of drug-likeness (QED) is 0.818. The molecule has 1 aromatic carbocycles. The summed E-state index contributed by atoms with van der Waals surface area (Å²) in [4.78, 5) is 0. The van der Waals surface area contributed by atoms with Crippen LogP contribution in [0.25, 0.3) is 0 Å². The Morgan fingerprint density at radius 2 is 2.15 bits per heavy atom. The van der Waals surface area contributed by atoms with E-state index in [2.05, 4.69) is 0 Å². The van der Waals surface area contributed by atoms with Crippen molar-refractivity contribution in [3.8, 4) is 0 Å². The number of hydrogen-bond acceptors (Lipinski definition) is 2. The lowest BCUT2D eigenvalue weighted by atomic mass is 10.0. The van der Waals surface area contributed by atoms with E-state index in [0.717, 1.165) is 5.56 Å². The number of halogens is 2. The van der Waals surface area contributed by atoms with Gasteiger partial charge >= 0.3 is 0 Å². The van der Waals surface area contributed by atoms with Crippen LogP contribution in [0.15, 0.2) is 24.3 Å². The first-order chi connectivity index (χ1) is 5.77. The second-order valence-corrected chi connectivity index (χ2v) is 3.11. The zero-order valence-corrected chi connectivity index (χ0v) is 8.68. The molecule has 0 bridgehead atoms. The van der Waals surface area contributed by atoms with Crippen LogP contribution >= 0.6 is 24.0 Å². The zero-order valence-electron chi connectivity index (χ0n) is 7.11. The maximum Gasteiger partial charge on any atom is 0.0511 e. The van der Waals surface area contributed by atoms with Crippen molar-refractivity contribution < 1.29 is 5.11 Å². The van der Waals surface area contributed by atoms with Gasteiger partial charge in [0.1, 0.15) is 0 Å². The van der Waals surface area contributed by atoms with Gasteiger partial charge in [-0.25, -0.2) is 0 Å². The molecule has 3 N–H and O–H groups in total. The van der Waals surface area contributed by atoms with Crippen LogP contribution in [0, 0.1) is 0 Å². The van der Waals surface area contributed by atoms with E-state index in [9.17, 15) is 0 Å². The SMILES string of the molecule is Cl.NCC(CO)c1cccc(Cl)c1. The Kier molecular flexibility index (Phi) is 6.08. The molecule has 0 fully saturated rings. The molecule has 2 nitrogen and oxygen atoms in total. The highest BCUT2D eigenvalue weighted by atomic mass is 35.5. The molecular weight excluding hydrogens is 209 g/mol. The van der Waals surface area contributed by atoms with E-state index in [1.54, 1.807) is 6.07 Å². The third-order valence-corrected chi connectivity index (χ3v) is 2.06. The standard InChI is InChI=1S/C9H12ClNO.ClH/c10-9-3-1-2-7(4-9)8(5-11)6-12;/h1-4,8,12H,5-6,11H2;1H. The van der Waals surface area contributed by atoms with E-state index in [-0.39, 0.29) is 24.9 Å². The van der Waals surface area contributed by atoms with Crippen molar-refractivity contribution in [3.63, 3.8) is 0 Å². The fraction of sp³-hybridized carbons (Fsp3) is 0.333. The summed E-state index contributed by atoms with van der Waals surface area (Å²) in [6, 6.07) is 7.40. The Hall–Kier alpha value is -0.280. The van der Waals surface area contributed by atoms with Gasteiger partial charge in [-0.2, -0.15) is 0 Å². The summed E-state index contributed by atoms with van der Waals surface area (Å²) in [6.07, 6.45) is 0. The molecule has 0 aliphatic heterocycles. The minimum Gasteiger partial charge on any atom is -0.396 e. The summed E-state index contributed by atoms with van der Waals surface area (Å²) in [7, 11) is 0. The van der Waals surface area contributed by atoms with Crippen LogP contribution in [-0.4, -0.2) is 18.3 Å². The summed E-state index contributed by atoms with van der Waals surface area (Å²) in [6.45, 7) is 0.508. The molecule has 4 heteroatoms. The minimum absolute atomic E-state index is 0. The van der Waals surface area contributed by atoms with Gasteiger partial charge in [-0.3, -0.25) is 0 Å². The highest BCUT2D eigenvalue weighted by Crippen LogP contribution is 2.18. The van der Waals surface area contributed by atoms with E-state index in [1.807, 2.05) is 18.2 Å². The van der Waals surface area contributed by atoms with E-state index in [0.29, 0.717) is 11.6 Å². The molecular formula is C9H13Cl2NO. The third-order valence-electron chi connectivity index (χ3n) is 1.82. The van der Waals surface area contributed by atoms with Crippen molar-refractivity contribution >= 4 is 24.0 Å². The van der Waals surface area contributed by atoms with Crippen LogP contribution < -0.4 is 5.73 Å². The van der Waals surface area contributed by atoms with Crippen molar-refractivity contribution in [1.82, 2.24) is 0 Å². The lowest BCUT2D eigenvalue weighted by Gasteiger charge is -2.11. The topological polar surface area (TPSA) is 46.2 Å². The number of rotatable bonds is 3. The van der Waals surface area contributed by atoms with Gasteiger partial charge in [-0.15, -0.1) is 12.4 Å². The molecule has 0 radical (unpaired) electrons. The highest BCUT2D eigenvalue weighted by molar-refractivity contribution is 6.30. The van der Waals surface area contributed by atoms with Crippen LogP contribution in [-0.2, 0) is 0 Å². The molecule has 1 rings (SSSR count). The molecule has 0 saturated carbocycles. The Morgan fingerprint density at radius 1 is 1.46 bits per heavy atom. The van der Waals surface area contributed by atoms with Crippen LogP contribution in [0.3, 0.4) is 0 Å². The van der Waals surface area contributed by atoms with Gasteiger partial charge in [-0.1, -0.05) is 23.7 Å². The van der Waals surface area contributed by atoms with Gasteiger partial charge < -0.3 is 10.8 Å². The maximum atomic E-state index is 8.95. The summed E-state index contributed by atoms with van der Waals surface area (Å²) >= 11 is 5.78. The van der Waals surface area contributed by atoms with Gasteiger partial charge in [-0.05, 0) is 17.7 Å². The van der Waals surface area contributed by atoms with Gasteiger partial charge in [0.05, 0.1) is 6.61 Å². The lowest BCUT2D eigenvalue weighted by Crippen LogP contribution is -2.15. The molecule has 0 aliphatic rings. The summed E-state index contributed by atoms with van der Waals surface area (Å²) in [5.41, 5.74) is 6.46. The van der Waals surface area contributed by atoms with Crippen LogP contribution in [0.2, 0.25) is 5.02 Å². The monoisotopic (exact) mass is 221 g/mol. The molecule has 0 heterocycles. The van der Waals surface area contributed by atoms with Gasteiger partial charge in [0.25, 0.3) is 0 Å². The summed E-state index contributed by atoms with van der Waals surface area (Å²) in [5.74, 6) is 0.00343. The van der Waals surface area contributed by atoms with Gasteiger partial charge in [0.15, 0.2) is 0 Å². The largest absolute Gasteiger partial charge is 0.396 e. The first-order valence-electron chi connectivity index (χ1n) is 3.84. The third kappa shape index (κ3) is 3.53. The molecule has 0 saturated heterocycles. The van der Waals surface area contributed by atoms with Crippen LogP contribution in [0.5, 0.6) is 0 Å². The van der Waals surface area contributed by atoms with Crippen LogP contribution in [0.4, 0.5) is 0 Å². The first-order valence-corrected chi connectivity index (χ1v) is 4.22. The second-order valence-electron chi connectivity index (χ2n) is 2.67. The molecule has 74 valence electrons. The van der Waals surface area contributed by atoms with Gasteiger partial charge in [0.2, 0.25) is 0 Å². The predicted octanol–water partition coefficient (Wildman–Crippen LogP) is 1.80. The molecule has 0 spiro atoms. The van der Waals surface area contributed by atoms with E-state index in [4.69, 9.17) is 22.4 Å². The van der Waals surface area contributed by atoms with Crippen molar-refractivity contribution in [2.75, 3.05) is 13.2 Å². The number of nitrogens with two attached hydrogens (primary N) is 1. The fourth-order valence-corrected chi connectivity index (χ4v) is 1.28. The Labute approximate surface area is 89.1 Å². The smallest absolute Gasteiger partial charge is 0.0511 e. The highest BCUT2D eigenvalue weighted by Gasteiger charge is 2.07. The Bertz CT molecular complexity index is 251. The molecule has 0 amide bonds. The van der Waals surface area contributed by atoms with Crippen LogP contribution in [0.1, 0.15) is 11.5 Å². The van der Waals surface area contributed by atoms with Crippen molar-refractivity contribution in [1.29, 1.82) is 0 Å². The minimum atomic E-state index is 0. The number of hydrogen-bond donors (Lipinski definition) is 2. The number of benzene rings is 1. The lowest BCUT2D eigenvalue weighted by molar-refractivity contribution is 0.268. The number of aliphatic hydroxyl groups excluding tert-OH is 1. The molecule has 1 aromatic rings. The second kappa shape index (κ2) is 6.22. The normalized spacial score (nSPS) is 11.9. The van der Waals surface area contributed by atoms with Gasteiger partial charge in [0, 0.05) is 17.5 Å². The Balaban J connectivity index is 0.00000144. The van der Waals surface area contributed by atoms with E-state index in [1.165, 1.54) is 0 Å². The predicted molar refractivity (Wildman–Crippen MR) is 57.6 cm³/mol. The van der Waals surface area contributed by atoms with Crippen molar-refractivity contribution in [2.24, 2.45) is 5.73 Å². The summed E-state index contributed by atoms with van der Waals surface area (Å²) < 4.78 is 0. The Morgan fingerprint density at radius 3 is 2.62 bits per heavy atom. The first kappa shape index (κ1) is 12.7. The average molecular weight is 222 g/mol. The fourth-order valence-electron chi connectivity index (χ4n) is 1.08. The average Bonchev–Trinajstić information content (AvgIpc) is 2.07. The molecule has 0 aliphatic carbocycles. The van der Waals surface area contributed by atoms with Crippen molar-refractivity contribution in [2.45, 2.75) is 5.92 Å². The number of aliphatic hydroxyl groups is 1. The maximum absolute atomic E-state index is 8.95. The van der Waals surface area contributed by atoms with E-state index >= 15 is 0 Å². The zero-order chi connectivity index (χ0) is 8.97. The molecule has 0 aromatic heterocycles. The summed E-state index contributed by atoms with van der Waals surface area (Å²) in [5, 5.41) is 9.63. The van der Waals surface area contributed by atoms with Crippen molar-refractivity contribution in [3.05, 3.63) is 34.9 Å². The molecule has 1 unspecified atom stereocenters. The molecule has 13 heavy (non-hydrogen) atoms.